The standard InChI is InChI=1S/C15H28NO3Si/c1-5-6-8-15-9-12-16(13-10-15)11-7-14-20(17-2,18-3)19-4/h9-10,12-13H,5-8,11,14H2,1-4H3/q+1. The fourth-order valence-electron chi connectivity index (χ4n) is 2.22. The Balaban J connectivity index is 2.41. The van der Waals surface area contributed by atoms with Crippen LogP contribution in [-0.2, 0) is 26.2 Å². The number of rotatable bonds is 10. The molecule has 1 aromatic heterocycles. The fourth-order valence-corrected chi connectivity index (χ4v) is 3.92. The predicted molar refractivity (Wildman–Crippen MR) is 81.5 cm³/mol. The Hall–Kier alpha value is -0.753. The monoisotopic (exact) mass is 298 g/mol. The maximum absolute atomic E-state index is 5.42. The third kappa shape index (κ3) is 5.32. The van der Waals surface area contributed by atoms with Crippen molar-refractivity contribution < 1.29 is 17.8 Å². The van der Waals surface area contributed by atoms with Crippen LogP contribution in [0.25, 0.3) is 0 Å². The third-order valence-electron chi connectivity index (χ3n) is 3.61. The molecule has 0 N–H and O–H groups in total. The molecule has 20 heavy (non-hydrogen) atoms. The first-order valence-corrected chi connectivity index (χ1v) is 9.26. The zero-order valence-electron chi connectivity index (χ0n) is 13.2. The Morgan fingerprint density at radius 3 is 2.10 bits per heavy atom. The molecule has 0 saturated carbocycles. The molecule has 0 fully saturated rings. The molecule has 0 spiro atoms. The van der Waals surface area contributed by atoms with Gasteiger partial charge < -0.3 is 13.3 Å². The molecule has 0 saturated heterocycles. The summed E-state index contributed by atoms with van der Waals surface area (Å²) in [6.45, 7) is 3.18. The lowest BCUT2D eigenvalue weighted by molar-refractivity contribution is -0.697. The highest BCUT2D eigenvalue weighted by molar-refractivity contribution is 6.60. The minimum absolute atomic E-state index is 0.834. The summed E-state index contributed by atoms with van der Waals surface area (Å²) in [5.41, 5.74) is 1.41. The average Bonchev–Trinajstić information content (AvgIpc) is 2.51. The molecule has 1 aromatic rings. The molecule has 0 aliphatic rings. The molecule has 114 valence electrons. The summed E-state index contributed by atoms with van der Waals surface area (Å²) in [5, 5.41) is 0. The number of hydrogen-bond acceptors (Lipinski definition) is 3. The molecule has 4 nitrogen and oxygen atoms in total. The number of unbranched alkanes of at least 4 members (excludes halogenated alkanes) is 1. The molecular formula is C15H28NO3Si+. The van der Waals surface area contributed by atoms with Crippen molar-refractivity contribution in [3.05, 3.63) is 30.1 Å². The molecule has 0 aromatic carbocycles. The van der Waals surface area contributed by atoms with E-state index in [0.717, 1.165) is 19.0 Å². The van der Waals surface area contributed by atoms with Crippen molar-refractivity contribution in [2.24, 2.45) is 0 Å². The quantitative estimate of drug-likeness (QED) is 0.491. The van der Waals surface area contributed by atoms with Gasteiger partial charge in [0.2, 0.25) is 0 Å². The van der Waals surface area contributed by atoms with Crippen LogP contribution in [0.3, 0.4) is 0 Å². The van der Waals surface area contributed by atoms with Gasteiger partial charge in [-0.15, -0.1) is 0 Å². The van der Waals surface area contributed by atoms with Gasteiger partial charge in [-0.25, -0.2) is 4.57 Å². The maximum atomic E-state index is 5.42. The lowest BCUT2D eigenvalue weighted by atomic mass is 10.1. The van der Waals surface area contributed by atoms with E-state index in [9.17, 15) is 0 Å². The normalized spacial score (nSPS) is 11.8. The molecule has 0 bridgehead atoms. The van der Waals surface area contributed by atoms with Gasteiger partial charge in [-0.3, -0.25) is 0 Å². The third-order valence-corrected chi connectivity index (χ3v) is 6.44. The van der Waals surface area contributed by atoms with Crippen LogP contribution in [0.1, 0.15) is 31.7 Å². The van der Waals surface area contributed by atoms with Crippen LogP contribution in [0, 0.1) is 0 Å². The van der Waals surface area contributed by atoms with E-state index in [0.29, 0.717) is 0 Å². The van der Waals surface area contributed by atoms with Crippen molar-refractivity contribution in [3.63, 3.8) is 0 Å². The van der Waals surface area contributed by atoms with Gasteiger partial charge in [0, 0.05) is 45.9 Å². The Bertz CT molecular complexity index is 358. The van der Waals surface area contributed by atoms with Crippen molar-refractivity contribution >= 4 is 8.80 Å². The second-order valence-electron chi connectivity index (χ2n) is 4.95. The Morgan fingerprint density at radius 2 is 1.60 bits per heavy atom. The van der Waals surface area contributed by atoms with Gasteiger partial charge in [-0.1, -0.05) is 13.3 Å². The lowest BCUT2D eigenvalue weighted by Gasteiger charge is -2.23. The smallest absolute Gasteiger partial charge is 0.377 e. The van der Waals surface area contributed by atoms with Crippen LogP contribution in [0.2, 0.25) is 6.04 Å². The number of aryl methyl sites for hydroxylation is 2. The van der Waals surface area contributed by atoms with Crippen LogP contribution in [0.15, 0.2) is 24.5 Å². The number of aromatic nitrogens is 1. The van der Waals surface area contributed by atoms with Crippen LogP contribution in [0.5, 0.6) is 0 Å². The van der Waals surface area contributed by atoms with Crippen molar-refractivity contribution in [2.75, 3.05) is 21.3 Å². The second kappa shape index (κ2) is 9.23. The van der Waals surface area contributed by atoms with Gasteiger partial charge in [0.25, 0.3) is 0 Å². The Kier molecular flexibility index (Phi) is 7.99. The number of hydrogen-bond donors (Lipinski definition) is 0. The summed E-state index contributed by atoms with van der Waals surface area (Å²) in [6, 6.07) is 5.26. The largest absolute Gasteiger partial charge is 0.500 e. The molecule has 5 heteroatoms. The zero-order valence-corrected chi connectivity index (χ0v) is 14.2. The first-order chi connectivity index (χ1) is 9.69. The van der Waals surface area contributed by atoms with Gasteiger partial charge in [0.15, 0.2) is 12.4 Å². The van der Waals surface area contributed by atoms with E-state index < -0.39 is 8.80 Å². The van der Waals surface area contributed by atoms with Crippen LogP contribution in [0.4, 0.5) is 0 Å². The summed E-state index contributed by atoms with van der Waals surface area (Å²) in [4.78, 5) is 0. The van der Waals surface area contributed by atoms with Crippen LogP contribution in [-0.4, -0.2) is 30.1 Å². The summed E-state index contributed by atoms with van der Waals surface area (Å²) in [7, 11) is 2.57. The van der Waals surface area contributed by atoms with Crippen LogP contribution < -0.4 is 4.57 Å². The van der Waals surface area contributed by atoms with E-state index in [4.69, 9.17) is 13.3 Å². The van der Waals surface area contributed by atoms with Crippen molar-refractivity contribution in [1.82, 2.24) is 0 Å². The Labute approximate surface area is 124 Å². The first-order valence-electron chi connectivity index (χ1n) is 7.33. The molecule has 0 aliphatic carbocycles. The molecule has 1 rings (SSSR count). The van der Waals surface area contributed by atoms with E-state index in [1.807, 2.05) is 0 Å². The van der Waals surface area contributed by atoms with E-state index in [-0.39, 0.29) is 0 Å². The molecule has 0 radical (unpaired) electrons. The van der Waals surface area contributed by atoms with E-state index >= 15 is 0 Å². The van der Waals surface area contributed by atoms with Crippen molar-refractivity contribution in [1.29, 1.82) is 0 Å². The fraction of sp³-hybridized carbons (Fsp3) is 0.667. The molecule has 0 unspecified atom stereocenters. The van der Waals surface area contributed by atoms with E-state index in [1.54, 1.807) is 21.3 Å². The highest BCUT2D eigenvalue weighted by Gasteiger charge is 2.37. The molecular weight excluding hydrogens is 270 g/mol. The Morgan fingerprint density at radius 1 is 1.00 bits per heavy atom. The number of nitrogens with zero attached hydrogens (tertiary/aromatic N) is 1. The van der Waals surface area contributed by atoms with Crippen molar-refractivity contribution in [3.8, 4) is 0 Å². The minimum Gasteiger partial charge on any atom is -0.377 e. The predicted octanol–water partition coefficient (Wildman–Crippen LogP) is 2.58. The average molecular weight is 298 g/mol. The van der Waals surface area contributed by atoms with E-state index in [2.05, 4.69) is 36.0 Å². The molecule has 1 heterocycles. The summed E-state index contributed by atoms with van der Waals surface area (Å²) < 4.78 is 18.5. The highest BCUT2D eigenvalue weighted by atomic mass is 28.4. The zero-order chi connectivity index (χ0) is 14.8. The summed E-state index contributed by atoms with van der Waals surface area (Å²) >= 11 is 0. The van der Waals surface area contributed by atoms with Crippen LogP contribution >= 0.6 is 0 Å². The van der Waals surface area contributed by atoms with Gasteiger partial charge in [-0.05, 0) is 18.4 Å². The number of pyridine rings is 1. The molecule has 0 aliphatic heterocycles. The first kappa shape index (κ1) is 17.3. The van der Waals surface area contributed by atoms with Gasteiger partial charge >= 0.3 is 8.80 Å². The SMILES string of the molecule is CCCCc1cc[n+](CCC[Si](OC)(OC)OC)cc1. The lowest BCUT2D eigenvalue weighted by Crippen LogP contribution is -2.44. The van der Waals surface area contributed by atoms with Gasteiger partial charge in [-0.2, -0.15) is 0 Å². The second-order valence-corrected chi connectivity index (χ2v) is 8.04. The van der Waals surface area contributed by atoms with Gasteiger partial charge in [0.1, 0.15) is 6.54 Å². The topological polar surface area (TPSA) is 31.6 Å². The molecule has 0 atom stereocenters. The molecule has 0 amide bonds. The van der Waals surface area contributed by atoms with Crippen molar-refractivity contribution in [2.45, 2.75) is 45.2 Å². The minimum atomic E-state index is -2.41. The maximum Gasteiger partial charge on any atom is 0.500 e. The summed E-state index contributed by atoms with van der Waals surface area (Å²) in [6.07, 6.45) is 8.96. The van der Waals surface area contributed by atoms with E-state index in [1.165, 1.54) is 24.8 Å². The summed E-state index contributed by atoms with van der Waals surface area (Å²) in [5.74, 6) is 0. The van der Waals surface area contributed by atoms with Gasteiger partial charge in [0.05, 0.1) is 0 Å². The highest BCUT2D eigenvalue weighted by Crippen LogP contribution is 2.14.